The second-order valence-corrected chi connectivity index (χ2v) is 7.58. The van der Waals surface area contributed by atoms with Gasteiger partial charge in [0.05, 0.1) is 22.5 Å². The molecule has 2 heterocycles. The topological polar surface area (TPSA) is 115 Å². The van der Waals surface area contributed by atoms with Gasteiger partial charge < -0.3 is 15.4 Å². The standard InChI is InChI=1S/C22H25N5O4/c1-13(2)10-24-21(29)16-7-5-6-8-18(16)25-19(28)12-31-22(30)15-9-17-14(3)26-27(4)20(17)23-11-15/h5-9,11,13H,10,12H2,1-4H3,(H,24,29)(H,25,28). The molecule has 9 nitrogen and oxygen atoms in total. The van der Waals surface area contributed by atoms with Crippen LogP contribution in [0, 0.1) is 12.8 Å². The molecule has 0 aliphatic rings. The van der Waals surface area contributed by atoms with Gasteiger partial charge >= 0.3 is 5.97 Å². The zero-order valence-corrected chi connectivity index (χ0v) is 17.9. The van der Waals surface area contributed by atoms with Crippen molar-refractivity contribution in [1.29, 1.82) is 0 Å². The number of carbonyl (C=O) groups is 3. The molecule has 0 spiro atoms. The summed E-state index contributed by atoms with van der Waals surface area (Å²) in [6.45, 7) is 5.83. The summed E-state index contributed by atoms with van der Waals surface area (Å²) in [5.41, 5.74) is 2.30. The summed E-state index contributed by atoms with van der Waals surface area (Å²) in [5, 5.41) is 10.4. The van der Waals surface area contributed by atoms with Gasteiger partial charge in [0.15, 0.2) is 12.3 Å². The van der Waals surface area contributed by atoms with Crippen molar-refractivity contribution in [1.82, 2.24) is 20.1 Å². The van der Waals surface area contributed by atoms with Crippen molar-refractivity contribution in [2.24, 2.45) is 13.0 Å². The molecular formula is C22H25N5O4. The lowest BCUT2D eigenvalue weighted by Crippen LogP contribution is -2.29. The Morgan fingerprint density at radius 2 is 1.94 bits per heavy atom. The van der Waals surface area contributed by atoms with Gasteiger partial charge in [-0.2, -0.15) is 5.10 Å². The van der Waals surface area contributed by atoms with E-state index in [2.05, 4.69) is 20.7 Å². The van der Waals surface area contributed by atoms with Crippen molar-refractivity contribution in [2.75, 3.05) is 18.5 Å². The van der Waals surface area contributed by atoms with E-state index in [1.165, 1.54) is 6.20 Å². The minimum Gasteiger partial charge on any atom is -0.452 e. The van der Waals surface area contributed by atoms with Crippen LogP contribution in [0.25, 0.3) is 11.0 Å². The molecule has 0 saturated carbocycles. The number of hydrogen-bond acceptors (Lipinski definition) is 6. The predicted molar refractivity (Wildman–Crippen MR) is 116 cm³/mol. The molecule has 3 rings (SSSR count). The van der Waals surface area contributed by atoms with Crippen molar-refractivity contribution in [3.63, 3.8) is 0 Å². The fraction of sp³-hybridized carbons (Fsp3) is 0.318. The van der Waals surface area contributed by atoms with Crippen LogP contribution < -0.4 is 10.6 Å². The van der Waals surface area contributed by atoms with Crippen LogP contribution in [0.1, 0.15) is 40.3 Å². The largest absolute Gasteiger partial charge is 0.452 e. The number of pyridine rings is 1. The van der Waals surface area contributed by atoms with E-state index < -0.39 is 18.5 Å². The van der Waals surface area contributed by atoms with Crippen LogP contribution >= 0.6 is 0 Å². The van der Waals surface area contributed by atoms with E-state index in [9.17, 15) is 14.4 Å². The van der Waals surface area contributed by atoms with Gasteiger partial charge in [-0.25, -0.2) is 9.78 Å². The number of anilines is 1. The van der Waals surface area contributed by atoms with Crippen molar-refractivity contribution in [3.05, 3.63) is 53.3 Å². The second-order valence-electron chi connectivity index (χ2n) is 7.58. The molecule has 0 atom stereocenters. The van der Waals surface area contributed by atoms with Crippen LogP contribution in [0.5, 0.6) is 0 Å². The molecule has 0 radical (unpaired) electrons. The third-order valence-electron chi connectivity index (χ3n) is 4.55. The van der Waals surface area contributed by atoms with Gasteiger partial charge in [-0.1, -0.05) is 26.0 Å². The number of ether oxygens (including phenoxy) is 1. The van der Waals surface area contributed by atoms with E-state index in [0.717, 1.165) is 11.1 Å². The average molecular weight is 423 g/mol. The number of aromatic nitrogens is 3. The molecule has 9 heteroatoms. The second kappa shape index (κ2) is 9.38. The fourth-order valence-corrected chi connectivity index (χ4v) is 3.00. The van der Waals surface area contributed by atoms with Crippen LogP contribution in [0.4, 0.5) is 5.69 Å². The Bertz CT molecular complexity index is 1140. The van der Waals surface area contributed by atoms with Crippen molar-refractivity contribution < 1.29 is 19.1 Å². The highest BCUT2D eigenvalue weighted by molar-refractivity contribution is 6.04. The van der Waals surface area contributed by atoms with Gasteiger partial charge in [-0.3, -0.25) is 14.3 Å². The van der Waals surface area contributed by atoms with Gasteiger partial charge in [0.25, 0.3) is 11.8 Å². The lowest BCUT2D eigenvalue weighted by atomic mass is 10.1. The normalized spacial score (nSPS) is 10.9. The molecule has 0 aliphatic carbocycles. The molecule has 31 heavy (non-hydrogen) atoms. The molecule has 0 aliphatic heterocycles. The molecule has 0 bridgehead atoms. The first-order valence-electron chi connectivity index (χ1n) is 9.89. The summed E-state index contributed by atoms with van der Waals surface area (Å²) in [5.74, 6) is -1.21. The van der Waals surface area contributed by atoms with E-state index in [1.54, 1.807) is 42.1 Å². The zero-order chi connectivity index (χ0) is 22.5. The molecule has 0 saturated heterocycles. The number of fused-ring (bicyclic) bond motifs is 1. The lowest BCUT2D eigenvalue weighted by molar-refractivity contribution is -0.119. The summed E-state index contributed by atoms with van der Waals surface area (Å²) in [7, 11) is 1.77. The van der Waals surface area contributed by atoms with Crippen LogP contribution in [0.2, 0.25) is 0 Å². The van der Waals surface area contributed by atoms with Crippen LogP contribution in [0.15, 0.2) is 36.5 Å². The highest BCUT2D eigenvalue weighted by Crippen LogP contribution is 2.18. The Labute approximate surface area is 179 Å². The fourth-order valence-electron chi connectivity index (χ4n) is 3.00. The molecule has 2 aromatic heterocycles. The number of benzene rings is 1. The highest BCUT2D eigenvalue weighted by atomic mass is 16.5. The molecule has 0 unspecified atom stereocenters. The third-order valence-corrected chi connectivity index (χ3v) is 4.55. The number of nitrogens with one attached hydrogen (secondary N) is 2. The number of nitrogens with zero attached hydrogens (tertiary/aromatic N) is 3. The Hall–Kier alpha value is -3.75. The minimum absolute atomic E-state index is 0.227. The van der Waals surface area contributed by atoms with E-state index >= 15 is 0 Å². The molecule has 1 aromatic carbocycles. The first-order chi connectivity index (χ1) is 14.8. The van der Waals surface area contributed by atoms with Gasteiger partial charge in [-0.05, 0) is 31.0 Å². The summed E-state index contributed by atoms with van der Waals surface area (Å²) < 4.78 is 6.75. The molecular weight excluding hydrogens is 398 g/mol. The molecule has 162 valence electrons. The predicted octanol–water partition coefficient (Wildman–Crippen LogP) is 2.46. The number of para-hydroxylation sites is 1. The number of hydrogen-bond donors (Lipinski definition) is 2. The van der Waals surface area contributed by atoms with Crippen LogP contribution in [-0.2, 0) is 16.6 Å². The van der Waals surface area contributed by atoms with Crippen molar-refractivity contribution in [2.45, 2.75) is 20.8 Å². The van der Waals surface area contributed by atoms with E-state index in [0.29, 0.717) is 29.4 Å². The number of esters is 1. The summed E-state index contributed by atoms with van der Waals surface area (Å²) in [6, 6.07) is 8.29. The van der Waals surface area contributed by atoms with Crippen molar-refractivity contribution >= 4 is 34.5 Å². The lowest BCUT2D eigenvalue weighted by Gasteiger charge is -2.12. The van der Waals surface area contributed by atoms with E-state index in [4.69, 9.17) is 4.74 Å². The summed E-state index contributed by atoms with van der Waals surface area (Å²) >= 11 is 0. The number of aryl methyl sites for hydroxylation is 2. The Balaban J connectivity index is 1.62. The Morgan fingerprint density at radius 3 is 2.68 bits per heavy atom. The minimum atomic E-state index is -0.671. The van der Waals surface area contributed by atoms with Crippen LogP contribution in [0.3, 0.4) is 0 Å². The Morgan fingerprint density at radius 1 is 1.19 bits per heavy atom. The monoisotopic (exact) mass is 423 g/mol. The number of amides is 2. The van der Waals surface area contributed by atoms with Gasteiger partial charge in [0.2, 0.25) is 0 Å². The maximum atomic E-state index is 12.4. The first-order valence-corrected chi connectivity index (χ1v) is 9.89. The van der Waals surface area contributed by atoms with E-state index in [-0.39, 0.29) is 11.5 Å². The smallest absolute Gasteiger partial charge is 0.340 e. The summed E-state index contributed by atoms with van der Waals surface area (Å²) in [4.78, 5) is 41.3. The molecule has 2 amide bonds. The van der Waals surface area contributed by atoms with Crippen LogP contribution in [-0.4, -0.2) is 45.7 Å². The maximum absolute atomic E-state index is 12.4. The number of rotatable bonds is 7. The Kier molecular flexibility index (Phi) is 6.64. The van der Waals surface area contributed by atoms with Gasteiger partial charge in [-0.15, -0.1) is 0 Å². The van der Waals surface area contributed by atoms with E-state index in [1.807, 2.05) is 20.8 Å². The first kappa shape index (κ1) is 21.9. The maximum Gasteiger partial charge on any atom is 0.340 e. The van der Waals surface area contributed by atoms with Crippen molar-refractivity contribution in [3.8, 4) is 0 Å². The average Bonchev–Trinajstić information content (AvgIpc) is 3.03. The molecule has 3 aromatic rings. The third kappa shape index (κ3) is 5.25. The van der Waals surface area contributed by atoms with Gasteiger partial charge in [0.1, 0.15) is 0 Å². The number of carbonyl (C=O) groups excluding carboxylic acids is 3. The molecule has 2 N–H and O–H groups in total. The molecule has 0 fully saturated rings. The quantitative estimate of drug-likeness (QED) is 0.564. The highest BCUT2D eigenvalue weighted by Gasteiger charge is 2.16. The SMILES string of the molecule is Cc1nn(C)c2ncc(C(=O)OCC(=O)Nc3ccccc3C(=O)NCC(C)C)cc12. The zero-order valence-electron chi connectivity index (χ0n) is 17.9. The van der Waals surface area contributed by atoms with Gasteiger partial charge in [0, 0.05) is 25.2 Å². The summed E-state index contributed by atoms with van der Waals surface area (Å²) in [6.07, 6.45) is 1.39.